The fourth-order valence-corrected chi connectivity index (χ4v) is 4.49. The number of carbonyl (C=O) groups excluding carboxylic acids is 2. The second-order valence-corrected chi connectivity index (χ2v) is 7.75. The van der Waals surface area contributed by atoms with Crippen molar-refractivity contribution in [1.29, 1.82) is 0 Å². The Kier molecular flexibility index (Phi) is 4.85. The second kappa shape index (κ2) is 7.27. The summed E-state index contributed by atoms with van der Waals surface area (Å²) in [6.45, 7) is 4.65. The van der Waals surface area contributed by atoms with Crippen LogP contribution in [0.4, 0.5) is 4.79 Å². The first kappa shape index (κ1) is 17.3. The Morgan fingerprint density at radius 2 is 1.81 bits per heavy atom. The molecule has 26 heavy (non-hydrogen) atoms. The van der Waals surface area contributed by atoms with Crippen LogP contribution >= 0.6 is 0 Å². The highest BCUT2D eigenvalue weighted by Crippen LogP contribution is 2.32. The highest BCUT2D eigenvalue weighted by Gasteiger charge is 2.50. The van der Waals surface area contributed by atoms with E-state index in [1.165, 1.54) is 12.0 Å². The Balaban J connectivity index is 1.46. The SMILES string of the molecule is O=C(CN1CCN2C(=O)OCC2(Cc2ccccc2)C1)N1CCCCC1. The Hall–Kier alpha value is -2.08. The van der Waals surface area contributed by atoms with Gasteiger partial charge in [0.1, 0.15) is 6.61 Å². The maximum atomic E-state index is 12.7. The molecular weight excluding hydrogens is 330 g/mol. The summed E-state index contributed by atoms with van der Waals surface area (Å²) in [6.07, 6.45) is 3.98. The first-order valence-corrected chi connectivity index (χ1v) is 9.65. The molecule has 1 unspecified atom stereocenters. The van der Waals surface area contributed by atoms with Gasteiger partial charge in [0, 0.05) is 39.1 Å². The molecule has 0 bridgehead atoms. The third kappa shape index (κ3) is 3.43. The van der Waals surface area contributed by atoms with E-state index in [-0.39, 0.29) is 17.5 Å². The van der Waals surface area contributed by atoms with Gasteiger partial charge in [-0.05, 0) is 24.8 Å². The van der Waals surface area contributed by atoms with Gasteiger partial charge in [0.15, 0.2) is 0 Å². The molecule has 3 saturated heterocycles. The summed E-state index contributed by atoms with van der Waals surface area (Å²) in [6, 6.07) is 10.2. The van der Waals surface area contributed by atoms with Crippen LogP contribution in [0.5, 0.6) is 0 Å². The summed E-state index contributed by atoms with van der Waals surface area (Å²) in [5, 5.41) is 0. The maximum Gasteiger partial charge on any atom is 0.410 e. The first-order chi connectivity index (χ1) is 12.7. The lowest BCUT2D eigenvalue weighted by Crippen LogP contribution is -2.63. The van der Waals surface area contributed by atoms with E-state index in [9.17, 15) is 9.59 Å². The third-order valence-corrected chi connectivity index (χ3v) is 5.86. The summed E-state index contributed by atoms with van der Waals surface area (Å²) in [5.41, 5.74) is 0.832. The van der Waals surface area contributed by atoms with Crippen molar-refractivity contribution in [3.05, 3.63) is 35.9 Å². The van der Waals surface area contributed by atoms with Crippen LogP contribution in [0.25, 0.3) is 0 Å². The average molecular weight is 357 g/mol. The van der Waals surface area contributed by atoms with E-state index < -0.39 is 0 Å². The molecule has 0 aliphatic carbocycles. The van der Waals surface area contributed by atoms with Crippen molar-refractivity contribution in [2.45, 2.75) is 31.2 Å². The van der Waals surface area contributed by atoms with Crippen LogP contribution in [-0.2, 0) is 16.0 Å². The van der Waals surface area contributed by atoms with E-state index in [1.807, 2.05) is 28.0 Å². The molecule has 1 aromatic carbocycles. The molecule has 3 aliphatic heterocycles. The zero-order valence-corrected chi connectivity index (χ0v) is 15.2. The number of carbonyl (C=O) groups is 2. The molecule has 4 rings (SSSR count). The molecule has 0 N–H and O–H groups in total. The molecule has 1 atom stereocenters. The quantitative estimate of drug-likeness (QED) is 0.824. The molecule has 3 fully saturated rings. The van der Waals surface area contributed by atoms with E-state index in [1.54, 1.807) is 0 Å². The lowest BCUT2D eigenvalue weighted by molar-refractivity contribution is -0.134. The van der Waals surface area contributed by atoms with Crippen molar-refractivity contribution < 1.29 is 14.3 Å². The smallest absolute Gasteiger partial charge is 0.410 e. The number of rotatable bonds is 4. The molecule has 0 saturated carbocycles. The second-order valence-electron chi connectivity index (χ2n) is 7.75. The van der Waals surface area contributed by atoms with Gasteiger partial charge in [0.2, 0.25) is 5.91 Å². The molecule has 0 aromatic heterocycles. The van der Waals surface area contributed by atoms with Crippen molar-refractivity contribution in [1.82, 2.24) is 14.7 Å². The van der Waals surface area contributed by atoms with Gasteiger partial charge in [-0.1, -0.05) is 30.3 Å². The van der Waals surface area contributed by atoms with Gasteiger partial charge >= 0.3 is 6.09 Å². The number of likely N-dealkylation sites (tertiary alicyclic amines) is 1. The third-order valence-electron chi connectivity index (χ3n) is 5.86. The number of hydrogen-bond acceptors (Lipinski definition) is 4. The Morgan fingerprint density at radius 3 is 2.58 bits per heavy atom. The van der Waals surface area contributed by atoms with Crippen LogP contribution in [-0.4, -0.2) is 78.1 Å². The van der Waals surface area contributed by atoms with Gasteiger partial charge in [-0.2, -0.15) is 0 Å². The number of nitrogens with zero attached hydrogens (tertiary/aromatic N) is 3. The minimum atomic E-state index is -0.362. The van der Waals surface area contributed by atoms with Gasteiger partial charge in [-0.25, -0.2) is 4.79 Å². The predicted octanol–water partition coefficient (Wildman–Crippen LogP) is 1.75. The van der Waals surface area contributed by atoms with Crippen LogP contribution in [0.3, 0.4) is 0 Å². The molecule has 6 nitrogen and oxygen atoms in total. The number of hydrogen-bond donors (Lipinski definition) is 0. The maximum absolute atomic E-state index is 12.7. The predicted molar refractivity (Wildman–Crippen MR) is 97.8 cm³/mol. The Labute approximate surface area is 154 Å². The summed E-state index contributed by atoms with van der Waals surface area (Å²) in [7, 11) is 0. The fraction of sp³-hybridized carbons (Fsp3) is 0.600. The summed E-state index contributed by atoms with van der Waals surface area (Å²) < 4.78 is 5.41. The molecule has 0 radical (unpaired) electrons. The number of amides is 2. The van der Waals surface area contributed by atoms with E-state index in [4.69, 9.17) is 4.74 Å². The number of benzene rings is 1. The van der Waals surface area contributed by atoms with Crippen molar-refractivity contribution in [3.8, 4) is 0 Å². The largest absolute Gasteiger partial charge is 0.447 e. The topological polar surface area (TPSA) is 53.1 Å². The number of piperidine rings is 1. The molecule has 3 heterocycles. The van der Waals surface area contributed by atoms with Crippen molar-refractivity contribution in [3.63, 3.8) is 0 Å². The standard InChI is InChI=1S/C20H27N3O3/c24-18(22-9-5-2-6-10-22)14-21-11-12-23-19(25)26-16-20(23,15-21)13-17-7-3-1-4-8-17/h1,3-4,7-8H,2,5-6,9-16H2. The van der Waals surface area contributed by atoms with E-state index >= 15 is 0 Å². The number of cyclic esters (lactones) is 1. The van der Waals surface area contributed by atoms with Crippen molar-refractivity contribution >= 4 is 12.0 Å². The summed E-state index contributed by atoms with van der Waals surface area (Å²) >= 11 is 0. The van der Waals surface area contributed by atoms with E-state index in [2.05, 4.69) is 17.0 Å². The van der Waals surface area contributed by atoms with Crippen molar-refractivity contribution in [2.75, 3.05) is 45.9 Å². The molecule has 6 heteroatoms. The van der Waals surface area contributed by atoms with Crippen LogP contribution in [0, 0.1) is 0 Å². The first-order valence-electron chi connectivity index (χ1n) is 9.65. The zero-order valence-electron chi connectivity index (χ0n) is 15.2. The minimum absolute atomic E-state index is 0.220. The molecular formula is C20H27N3O3. The van der Waals surface area contributed by atoms with Gasteiger partial charge in [-0.3, -0.25) is 14.6 Å². The highest BCUT2D eigenvalue weighted by atomic mass is 16.6. The van der Waals surface area contributed by atoms with Crippen molar-refractivity contribution in [2.24, 2.45) is 0 Å². The van der Waals surface area contributed by atoms with E-state index in [0.29, 0.717) is 26.2 Å². The van der Waals surface area contributed by atoms with Crippen LogP contribution in [0.1, 0.15) is 24.8 Å². The minimum Gasteiger partial charge on any atom is -0.447 e. The lowest BCUT2D eigenvalue weighted by atomic mass is 9.88. The monoisotopic (exact) mass is 357 g/mol. The average Bonchev–Trinajstić information content (AvgIpc) is 2.99. The molecule has 2 amide bonds. The van der Waals surface area contributed by atoms with Gasteiger partial charge in [0.05, 0.1) is 12.1 Å². The summed E-state index contributed by atoms with van der Waals surface area (Å²) in [5.74, 6) is 0.221. The molecule has 1 aromatic rings. The Morgan fingerprint density at radius 1 is 1.04 bits per heavy atom. The Bertz CT molecular complexity index is 660. The van der Waals surface area contributed by atoms with Gasteiger partial charge in [-0.15, -0.1) is 0 Å². The van der Waals surface area contributed by atoms with Crippen LogP contribution in [0.2, 0.25) is 0 Å². The fourth-order valence-electron chi connectivity index (χ4n) is 4.49. The number of ether oxygens (including phenoxy) is 1. The molecule has 3 aliphatic rings. The van der Waals surface area contributed by atoms with Crippen LogP contribution < -0.4 is 0 Å². The highest BCUT2D eigenvalue weighted by molar-refractivity contribution is 5.78. The van der Waals surface area contributed by atoms with Gasteiger partial charge < -0.3 is 9.64 Å². The van der Waals surface area contributed by atoms with Gasteiger partial charge in [0.25, 0.3) is 0 Å². The normalized spacial score (nSPS) is 26.5. The van der Waals surface area contributed by atoms with E-state index in [0.717, 1.165) is 38.9 Å². The molecule has 140 valence electrons. The summed E-state index contributed by atoms with van der Waals surface area (Å²) in [4.78, 5) is 30.9. The number of fused-ring (bicyclic) bond motifs is 1. The molecule has 0 spiro atoms. The number of piperazine rings is 1. The van der Waals surface area contributed by atoms with Crippen LogP contribution in [0.15, 0.2) is 30.3 Å². The zero-order chi connectivity index (χ0) is 18.0. The lowest BCUT2D eigenvalue weighted by Gasteiger charge is -2.45.